The van der Waals surface area contributed by atoms with Crippen LogP contribution in [0.25, 0.3) is 0 Å². The maximum absolute atomic E-state index is 11.9. The molecule has 2 atom stereocenters. The predicted octanol–water partition coefficient (Wildman–Crippen LogP) is -1.80. The number of benzene rings is 1. The molecule has 0 aliphatic heterocycles. The van der Waals surface area contributed by atoms with E-state index in [9.17, 15) is 14.4 Å². The minimum absolute atomic E-state index is 0.262. The number of aliphatic carboxylic acids is 1. The summed E-state index contributed by atoms with van der Waals surface area (Å²) in [5, 5.41) is 13.6. The van der Waals surface area contributed by atoms with Gasteiger partial charge in [-0.25, -0.2) is 4.79 Å². The Labute approximate surface area is 127 Å². The summed E-state index contributed by atoms with van der Waals surface area (Å²) in [5.41, 5.74) is 11.8. The van der Waals surface area contributed by atoms with Crippen LogP contribution in [-0.2, 0) is 20.8 Å². The maximum atomic E-state index is 11.9. The average Bonchev–Trinajstić information content (AvgIpc) is 2.51. The first-order valence-corrected chi connectivity index (χ1v) is 6.73. The average molecular weight is 308 g/mol. The molecule has 0 fully saturated rings. The SMILES string of the molecule is NCC(=O)NC(CNC(=O)C(N)Cc1ccccc1)C(=O)O. The molecule has 1 rings (SSSR count). The summed E-state index contributed by atoms with van der Waals surface area (Å²) in [4.78, 5) is 34.0. The van der Waals surface area contributed by atoms with Crippen molar-refractivity contribution in [1.29, 1.82) is 0 Å². The number of carbonyl (C=O) groups excluding carboxylic acids is 2. The molecule has 0 radical (unpaired) electrons. The van der Waals surface area contributed by atoms with E-state index >= 15 is 0 Å². The molecule has 2 amide bonds. The Morgan fingerprint density at radius 1 is 1.18 bits per heavy atom. The van der Waals surface area contributed by atoms with Gasteiger partial charge in [0, 0.05) is 6.54 Å². The van der Waals surface area contributed by atoms with E-state index in [-0.39, 0.29) is 13.1 Å². The highest BCUT2D eigenvalue weighted by molar-refractivity contribution is 5.86. The fourth-order valence-corrected chi connectivity index (χ4v) is 1.75. The summed E-state index contributed by atoms with van der Waals surface area (Å²) < 4.78 is 0. The number of amides is 2. The van der Waals surface area contributed by atoms with Crippen LogP contribution in [0.2, 0.25) is 0 Å². The molecule has 0 heterocycles. The van der Waals surface area contributed by atoms with Crippen molar-refractivity contribution in [3.05, 3.63) is 35.9 Å². The first-order valence-electron chi connectivity index (χ1n) is 6.73. The molecule has 8 nitrogen and oxygen atoms in total. The number of carboxylic acids is 1. The van der Waals surface area contributed by atoms with Crippen LogP contribution in [0.3, 0.4) is 0 Å². The van der Waals surface area contributed by atoms with Crippen molar-refractivity contribution in [2.75, 3.05) is 13.1 Å². The van der Waals surface area contributed by atoms with Crippen molar-refractivity contribution in [3.63, 3.8) is 0 Å². The Hall–Kier alpha value is -2.45. The highest BCUT2D eigenvalue weighted by Gasteiger charge is 2.21. The zero-order chi connectivity index (χ0) is 16.5. The van der Waals surface area contributed by atoms with Gasteiger partial charge in [0.05, 0.1) is 12.6 Å². The second kappa shape index (κ2) is 8.75. The largest absolute Gasteiger partial charge is 0.480 e. The molecule has 0 saturated heterocycles. The minimum Gasteiger partial charge on any atom is -0.480 e. The van der Waals surface area contributed by atoms with E-state index < -0.39 is 29.9 Å². The Kier molecular flexibility index (Phi) is 7.00. The summed E-state index contributed by atoms with van der Waals surface area (Å²) in [6.45, 7) is -0.590. The number of rotatable bonds is 8. The molecule has 120 valence electrons. The maximum Gasteiger partial charge on any atom is 0.328 e. The zero-order valence-corrected chi connectivity index (χ0v) is 12.0. The topological polar surface area (TPSA) is 148 Å². The van der Waals surface area contributed by atoms with Gasteiger partial charge >= 0.3 is 5.97 Å². The van der Waals surface area contributed by atoms with E-state index in [0.717, 1.165) is 5.56 Å². The van der Waals surface area contributed by atoms with Crippen LogP contribution in [0.1, 0.15) is 5.56 Å². The van der Waals surface area contributed by atoms with Gasteiger partial charge in [-0.05, 0) is 12.0 Å². The Morgan fingerprint density at radius 3 is 2.36 bits per heavy atom. The van der Waals surface area contributed by atoms with Crippen molar-refractivity contribution in [3.8, 4) is 0 Å². The van der Waals surface area contributed by atoms with Crippen molar-refractivity contribution in [1.82, 2.24) is 10.6 Å². The van der Waals surface area contributed by atoms with Crippen LogP contribution in [0.15, 0.2) is 30.3 Å². The van der Waals surface area contributed by atoms with E-state index in [1.165, 1.54) is 0 Å². The predicted molar refractivity (Wildman–Crippen MR) is 79.8 cm³/mol. The summed E-state index contributed by atoms with van der Waals surface area (Å²) >= 11 is 0. The van der Waals surface area contributed by atoms with Crippen LogP contribution in [0.5, 0.6) is 0 Å². The third-order valence-corrected chi connectivity index (χ3v) is 2.93. The molecule has 2 unspecified atom stereocenters. The van der Waals surface area contributed by atoms with Gasteiger partial charge in [0.1, 0.15) is 6.04 Å². The third kappa shape index (κ3) is 5.90. The van der Waals surface area contributed by atoms with Gasteiger partial charge in [-0.15, -0.1) is 0 Å². The van der Waals surface area contributed by atoms with Gasteiger partial charge < -0.3 is 27.2 Å². The van der Waals surface area contributed by atoms with E-state index in [2.05, 4.69) is 10.6 Å². The lowest BCUT2D eigenvalue weighted by Crippen LogP contribution is -2.52. The molecule has 0 saturated carbocycles. The number of carbonyl (C=O) groups is 3. The van der Waals surface area contributed by atoms with Gasteiger partial charge in [-0.2, -0.15) is 0 Å². The monoisotopic (exact) mass is 308 g/mol. The number of nitrogens with one attached hydrogen (secondary N) is 2. The van der Waals surface area contributed by atoms with E-state index in [4.69, 9.17) is 16.6 Å². The highest BCUT2D eigenvalue weighted by Crippen LogP contribution is 2.01. The lowest BCUT2D eigenvalue weighted by molar-refractivity contribution is -0.141. The van der Waals surface area contributed by atoms with Gasteiger partial charge in [0.15, 0.2) is 0 Å². The summed E-state index contributed by atoms with van der Waals surface area (Å²) in [7, 11) is 0. The fourth-order valence-electron chi connectivity index (χ4n) is 1.75. The molecule has 8 heteroatoms. The molecule has 0 aromatic heterocycles. The van der Waals surface area contributed by atoms with Gasteiger partial charge in [0.25, 0.3) is 0 Å². The Bertz CT molecular complexity index is 521. The highest BCUT2D eigenvalue weighted by atomic mass is 16.4. The van der Waals surface area contributed by atoms with E-state index in [1.807, 2.05) is 30.3 Å². The van der Waals surface area contributed by atoms with E-state index in [1.54, 1.807) is 0 Å². The number of hydrogen-bond acceptors (Lipinski definition) is 5. The summed E-state index contributed by atoms with van der Waals surface area (Å²) in [6.07, 6.45) is 0.333. The molecule has 22 heavy (non-hydrogen) atoms. The number of carboxylic acid groups (broad SMARTS) is 1. The van der Waals surface area contributed by atoms with E-state index in [0.29, 0.717) is 6.42 Å². The normalized spacial score (nSPS) is 13.0. The molecule has 0 spiro atoms. The second-order valence-corrected chi connectivity index (χ2v) is 4.70. The van der Waals surface area contributed by atoms with Crippen LogP contribution in [0.4, 0.5) is 0 Å². The molecule has 1 aromatic rings. The first kappa shape index (κ1) is 17.6. The van der Waals surface area contributed by atoms with Crippen LogP contribution in [-0.4, -0.2) is 48.1 Å². The fraction of sp³-hybridized carbons (Fsp3) is 0.357. The number of nitrogens with two attached hydrogens (primary N) is 2. The minimum atomic E-state index is -1.27. The molecule has 0 aliphatic rings. The summed E-state index contributed by atoms with van der Waals surface area (Å²) in [6, 6.07) is 7.16. The molecule has 7 N–H and O–H groups in total. The van der Waals surface area contributed by atoms with Gasteiger partial charge in [0.2, 0.25) is 11.8 Å². The number of hydrogen-bond donors (Lipinski definition) is 5. The van der Waals surface area contributed by atoms with Crippen molar-refractivity contribution < 1.29 is 19.5 Å². The Balaban J connectivity index is 2.48. The smallest absolute Gasteiger partial charge is 0.328 e. The molecule has 0 aliphatic carbocycles. The third-order valence-electron chi connectivity index (χ3n) is 2.93. The Morgan fingerprint density at radius 2 is 1.82 bits per heavy atom. The quantitative estimate of drug-likeness (QED) is 0.383. The molecule has 1 aromatic carbocycles. The lowest BCUT2D eigenvalue weighted by atomic mass is 10.1. The summed E-state index contributed by atoms with van der Waals surface area (Å²) in [5.74, 6) is -2.37. The van der Waals surface area contributed by atoms with Crippen LogP contribution in [0, 0.1) is 0 Å². The van der Waals surface area contributed by atoms with Gasteiger partial charge in [-0.3, -0.25) is 9.59 Å². The first-order chi connectivity index (χ1) is 10.4. The van der Waals surface area contributed by atoms with Crippen molar-refractivity contribution in [2.24, 2.45) is 11.5 Å². The molecular weight excluding hydrogens is 288 g/mol. The van der Waals surface area contributed by atoms with Crippen molar-refractivity contribution in [2.45, 2.75) is 18.5 Å². The van der Waals surface area contributed by atoms with Crippen molar-refractivity contribution >= 4 is 17.8 Å². The van der Waals surface area contributed by atoms with Gasteiger partial charge in [-0.1, -0.05) is 30.3 Å². The van der Waals surface area contributed by atoms with Crippen LogP contribution >= 0.6 is 0 Å². The molecule has 0 bridgehead atoms. The lowest BCUT2D eigenvalue weighted by Gasteiger charge is -2.17. The second-order valence-electron chi connectivity index (χ2n) is 4.70. The van der Waals surface area contributed by atoms with Crippen LogP contribution < -0.4 is 22.1 Å². The molecular formula is C14H20N4O4. The zero-order valence-electron chi connectivity index (χ0n) is 12.0. The standard InChI is InChI=1S/C14H20N4O4/c15-7-12(19)18-11(14(21)22)8-17-13(20)10(16)6-9-4-2-1-3-5-9/h1-5,10-11H,6-8,15-16H2,(H,17,20)(H,18,19)(H,21,22).